The molecule has 10 heteroatoms. The fourth-order valence-electron chi connectivity index (χ4n) is 1.84. The maximum atomic E-state index is 12.3. The summed E-state index contributed by atoms with van der Waals surface area (Å²) in [5.74, 6) is 0. The number of aromatic nitrogens is 4. The number of sulfone groups is 2. The second-order valence-electron chi connectivity index (χ2n) is 4.60. The summed E-state index contributed by atoms with van der Waals surface area (Å²) in [7, 11) is -8.02. The van der Waals surface area contributed by atoms with E-state index < -0.39 is 30.0 Å². The highest BCUT2D eigenvalue weighted by Gasteiger charge is 2.26. The van der Waals surface area contributed by atoms with E-state index in [1.54, 1.807) is 36.4 Å². The Morgan fingerprint density at radius 3 is 1.08 bits per heavy atom. The highest BCUT2D eigenvalue weighted by Crippen LogP contribution is 2.18. The van der Waals surface area contributed by atoms with Crippen LogP contribution in [0.4, 0.5) is 0 Å². The maximum absolute atomic E-state index is 12.3. The second kappa shape index (κ2) is 6.06. The largest absolute Gasteiger partial charge is 0.291 e. The van der Waals surface area contributed by atoms with E-state index in [1.807, 2.05) is 0 Å². The molecule has 0 N–H and O–H groups in total. The fraction of sp³-hybridized carbons (Fsp3) is 0. The van der Waals surface area contributed by atoms with E-state index in [0.29, 0.717) is 0 Å². The number of benzene rings is 2. The first-order chi connectivity index (χ1) is 11.4. The molecule has 0 saturated heterocycles. The summed E-state index contributed by atoms with van der Waals surface area (Å²) >= 11 is 0. The predicted molar refractivity (Wildman–Crippen MR) is 81.4 cm³/mol. The van der Waals surface area contributed by atoms with Crippen molar-refractivity contribution in [3.63, 3.8) is 0 Å². The lowest BCUT2D eigenvalue weighted by Gasteiger charge is -2.03. The lowest BCUT2D eigenvalue weighted by atomic mass is 10.4. The molecule has 2 aromatic carbocycles. The molecule has 3 aromatic rings. The Balaban J connectivity index is 2.01. The van der Waals surface area contributed by atoms with Crippen molar-refractivity contribution in [2.75, 3.05) is 0 Å². The van der Waals surface area contributed by atoms with E-state index in [2.05, 4.69) is 20.4 Å². The summed E-state index contributed by atoms with van der Waals surface area (Å²) in [4.78, 5) is -0.0699. The molecule has 3 rings (SSSR count). The molecule has 0 radical (unpaired) electrons. The summed E-state index contributed by atoms with van der Waals surface area (Å²) < 4.78 is 49.2. The third-order valence-electron chi connectivity index (χ3n) is 3.03. The van der Waals surface area contributed by atoms with Gasteiger partial charge in [-0.25, -0.2) is 16.8 Å². The Bertz CT molecular complexity index is 964. The van der Waals surface area contributed by atoms with Crippen LogP contribution in [0, 0.1) is 0 Å². The Kier molecular flexibility index (Phi) is 4.08. The van der Waals surface area contributed by atoms with Crippen LogP contribution in [0.15, 0.2) is 80.8 Å². The molecule has 0 bridgehead atoms. The van der Waals surface area contributed by atoms with Crippen molar-refractivity contribution in [1.29, 1.82) is 0 Å². The van der Waals surface area contributed by atoms with E-state index >= 15 is 0 Å². The van der Waals surface area contributed by atoms with E-state index in [-0.39, 0.29) is 9.79 Å². The monoisotopic (exact) mass is 362 g/mol. The molecule has 24 heavy (non-hydrogen) atoms. The van der Waals surface area contributed by atoms with Crippen LogP contribution >= 0.6 is 0 Å². The SMILES string of the molecule is O=S(=O)(c1ccccc1)c1nnc(S(=O)(=O)c2ccccc2)nn1. The smallest absolute Gasteiger partial charge is 0.215 e. The van der Waals surface area contributed by atoms with Crippen molar-refractivity contribution in [3.05, 3.63) is 60.7 Å². The second-order valence-corrected chi connectivity index (χ2v) is 8.28. The van der Waals surface area contributed by atoms with Crippen LogP contribution < -0.4 is 0 Å². The number of nitrogens with zero attached hydrogens (tertiary/aromatic N) is 4. The minimum absolute atomic E-state index is 0.0349. The zero-order valence-corrected chi connectivity index (χ0v) is 13.6. The molecule has 0 amide bonds. The highest BCUT2D eigenvalue weighted by molar-refractivity contribution is 7.91. The van der Waals surface area contributed by atoms with Gasteiger partial charge < -0.3 is 0 Å². The lowest BCUT2D eigenvalue weighted by molar-refractivity contribution is 0.547. The average Bonchev–Trinajstić information content (AvgIpc) is 2.63. The van der Waals surface area contributed by atoms with Crippen LogP contribution in [0.1, 0.15) is 0 Å². The van der Waals surface area contributed by atoms with E-state index in [9.17, 15) is 16.8 Å². The summed E-state index contributed by atoms with van der Waals surface area (Å²) in [6.45, 7) is 0. The Labute approximate surface area is 138 Å². The van der Waals surface area contributed by atoms with Crippen LogP contribution in [0.25, 0.3) is 0 Å². The number of hydrogen-bond donors (Lipinski definition) is 0. The molecular weight excluding hydrogens is 352 g/mol. The quantitative estimate of drug-likeness (QED) is 0.672. The Morgan fingerprint density at radius 1 is 0.500 bits per heavy atom. The van der Waals surface area contributed by atoms with Crippen molar-refractivity contribution >= 4 is 19.7 Å². The van der Waals surface area contributed by atoms with Crippen molar-refractivity contribution in [1.82, 2.24) is 20.4 Å². The van der Waals surface area contributed by atoms with E-state index in [4.69, 9.17) is 0 Å². The van der Waals surface area contributed by atoms with Crippen molar-refractivity contribution < 1.29 is 16.8 Å². The fourth-order valence-corrected chi connectivity index (χ4v) is 3.88. The summed E-state index contributed by atoms with van der Waals surface area (Å²) in [5.41, 5.74) is 0. The maximum Gasteiger partial charge on any atom is 0.291 e. The predicted octanol–water partition coefficient (Wildman–Crippen LogP) is 0.932. The van der Waals surface area contributed by atoms with Gasteiger partial charge in [0.1, 0.15) is 0 Å². The number of hydrogen-bond acceptors (Lipinski definition) is 8. The van der Waals surface area contributed by atoms with Crippen molar-refractivity contribution in [3.8, 4) is 0 Å². The Morgan fingerprint density at radius 2 is 0.792 bits per heavy atom. The molecule has 1 heterocycles. The van der Waals surface area contributed by atoms with Gasteiger partial charge in [0.25, 0.3) is 10.3 Å². The molecule has 0 saturated carbocycles. The van der Waals surface area contributed by atoms with Gasteiger partial charge in [0.2, 0.25) is 19.7 Å². The molecule has 8 nitrogen and oxygen atoms in total. The van der Waals surface area contributed by atoms with Crippen LogP contribution in [-0.2, 0) is 19.7 Å². The number of rotatable bonds is 4. The Hall–Kier alpha value is -2.72. The standard InChI is InChI=1S/C14H10N4O4S2/c19-23(20,11-7-3-1-4-8-11)13-15-17-14(18-16-13)24(21,22)12-9-5-2-6-10-12/h1-10H. The molecular formula is C14H10N4O4S2. The van der Waals surface area contributed by atoms with Gasteiger partial charge in [-0.05, 0) is 24.3 Å². The minimum atomic E-state index is -4.01. The lowest BCUT2D eigenvalue weighted by Crippen LogP contribution is -2.15. The molecule has 0 aliphatic carbocycles. The minimum Gasteiger partial charge on any atom is -0.215 e. The van der Waals surface area contributed by atoms with Gasteiger partial charge in [-0.2, -0.15) is 0 Å². The third kappa shape index (κ3) is 2.88. The first-order valence-electron chi connectivity index (χ1n) is 6.60. The first kappa shape index (κ1) is 16.1. The van der Waals surface area contributed by atoms with E-state index in [0.717, 1.165) is 0 Å². The molecule has 0 spiro atoms. The van der Waals surface area contributed by atoms with Gasteiger partial charge in [-0.15, -0.1) is 20.4 Å². The zero-order valence-electron chi connectivity index (χ0n) is 12.0. The molecule has 0 unspecified atom stereocenters. The third-order valence-corrected chi connectivity index (χ3v) is 6.10. The average molecular weight is 362 g/mol. The van der Waals surface area contributed by atoms with Crippen molar-refractivity contribution in [2.45, 2.75) is 20.1 Å². The first-order valence-corrected chi connectivity index (χ1v) is 9.57. The van der Waals surface area contributed by atoms with Gasteiger partial charge in [-0.1, -0.05) is 36.4 Å². The molecule has 0 fully saturated rings. The zero-order chi connectivity index (χ0) is 17.2. The van der Waals surface area contributed by atoms with Crippen molar-refractivity contribution in [2.24, 2.45) is 0 Å². The van der Waals surface area contributed by atoms with Crippen LogP contribution in [0.2, 0.25) is 0 Å². The normalized spacial score (nSPS) is 12.0. The van der Waals surface area contributed by atoms with Crippen LogP contribution in [-0.4, -0.2) is 37.2 Å². The molecule has 0 aliphatic heterocycles. The van der Waals surface area contributed by atoms with Gasteiger partial charge in [0.05, 0.1) is 9.79 Å². The summed E-state index contributed by atoms with van der Waals surface area (Å²) in [6, 6.07) is 15.0. The molecule has 1 aromatic heterocycles. The summed E-state index contributed by atoms with van der Waals surface area (Å²) in [5, 5.41) is 12.4. The molecule has 0 aliphatic rings. The molecule has 122 valence electrons. The van der Waals surface area contributed by atoms with Gasteiger partial charge >= 0.3 is 0 Å². The topological polar surface area (TPSA) is 120 Å². The summed E-state index contributed by atoms with van der Waals surface area (Å²) in [6.07, 6.45) is 0. The van der Waals surface area contributed by atoms with Gasteiger partial charge in [0.15, 0.2) is 0 Å². The van der Waals surface area contributed by atoms with Gasteiger partial charge in [0, 0.05) is 0 Å². The van der Waals surface area contributed by atoms with E-state index in [1.165, 1.54) is 24.3 Å². The molecule has 0 atom stereocenters. The highest BCUT2D eigenvalue weighted by atomic mass is 32.2. The van der Waals surface area contributed by atoms with Gasteiger partial charge in [-0.3, -0.25) is 0 Å². The van der Waals surface area contributed by atoms with Crippen LogP contribution in [0.5, 0.6) is 0 Å². The van der Waals surface area contributed by atoms with Crippen LogP contribution in [0.3, 0.4) is 0 Å².